The molecular formula is C16H19NO2. The number of pyridine rings is 1. The van der Waals surface area contributed by atoms with Gasteiger partial charge in [0.15, 0.2) is 0 Å². The standard InChI is InChI=1S/C16H19NO2/c1-11-7-8-14(9-12(11)2)15(18)10-17-13(3)5-4-6-16(17)19/h4-9,15,18H,10H2,1-3H3. The van der Waals surface area contributed by atoms with E-state index in [0.717, 1.165) is 16.8 Å². The van der Waals surface area contributed by atoms with Crippen molar-refractivity contribution in [2.24, 2.45) is 0 Å². The van der Waals surface area contributed by atoms with Crippen molar-refractivity contribution in [3.8, 4) is 0 Å². The molecule has 100 valence electrons. The highest BCUT2D eigenvalue weighted by Gasteiger charge is 2.11. The number of aromatic nitrogens is 1. The smallest absolute Gasteiger partial charge is 0.250 e. The maximum absolute atomic E-state index is 11.8. The van der Waals surface area contributed by atoms with Gasteiger partial charge in [0.1, 0.15) is 0 Å². The van der Waals surface area contributed by atoms with Crippen LogP contribution in [0, 0.1) is 20.8 Å². The van der Waals surface area contributed by atoms with Crippen LogP contribution in [0.25, 0.3) is 0 Å². The summed E-state index contributed by atoms with van der Waals surface area (Å²) in [6.45, 7) is 6.21. The highest BCUT2D eigenvalue weighted by atomic mass is 16.3. The SMILES string of the molecule is Cc1ccc(C(O)Cn2c(C)cccc2=O)cc1C. The van der Waals surface area contributed by atoms with E-state index in [1.165, 1.54) is 11.6 Å². The van der Waals surface area contributed by atoms with E-state index in [9.17, 15) is 9.90 Å². The summed E-state index contributed by atoms with van der Waals surface area (Å²) in [7, 11) is 0. The zero-order valence-electron chi connectivity index (χ0n) is 11.6. The first-order chi connectivity index (χ1) is 8.99. The molecule has 3 heteroatoms. The Balaban J connectivity index is 2.28. The van der Waals surface area contributed by atoms with Gasteiger partial charge in [-0.3, -0.25) is 4.79 Å². The molecule has 0 radical (unpaired) electrons. The lowest BCUT2D eigenvalue weighted by Gasteiger charge is -2.16. The molecule has 0 amide bonds. The highest BCUT2D eigenvalue weighted by molar-refractivity contribution is 5.31. The molecule has 0 bridgehead atoms. The van der Waals surface area contributed by atoms with E-state index in [1.807, 2.05) is 45.0 Å². The van der Waals surface area contributed by atoms with Gasteiger partial charge in [-0.05, 0) is 43.5 Å². The van der Waals surface area contributed by atoms with Gasteiger partial charge in [0, 0.05) is 11.8 Å². The summed E-state index contributed by atoms with van der Waals surface area (Å²) < 4.78 is 1.60. The normalized spacial score (nSPS) is 12.4. The minimum Gasteiger partial charge on any atom is -0.387 e. The number of benzene rings is 1. The van der Waals surface area contributed by atoms with Crippen LogP contribution in [0.1, 0.15) is 28.5 Å². The van der Waals surface area contributed by atoms with Crippen molar-refractivity contribution in [3.05, 3.63) is 69.1 Å². The molecule has 1 atom stereocenters. The number of hydrogen-bond acceptors (Lipinski definition) is 2. The van der Waals surface area contributed by atoms with Crippen molar-refractivity contribution >= 4 is 0 Å². The van der Waals surface area contributed by atoms with Crippen molar-refractivity contribution in [2.45, 2.75) is 33.4 Å². The van der Waals surface area contributed by atoms with Crippen molar-refractivity contribution in [3.63, 3.8) is 0 Å². The van der Waals surface area contributed by atoms with E-state index < -0.39 is 6.10 Å². The van der Waals surface area contributed by atoms with Gasteiger partial charge in [-0.2, -0.15) is 0 Å². The maximum atomic E-state index is 11.8. The Kier molecular flexibility index (Phi) is 3.86. The summed E-state index contributed by atoms with van der Waals surface area (Å²) in [6, 6.07) is 11.0. The van der Waals surface area contributed by atoms with Gasteiger partial charge >= 0.3 is 0 Å². The lowest BCUT2D eigenvalue weighted by molar-refractivity contribution is 0.154. The Hall–Kier alpha value is -1.87. The molecule has 0 aliphatic rings. The molecule has 1 N–H and O–H groups in total. The third-order valence-electron chi connectivity index (χ3n) is 3.54. The quantitative estimate of drug-likeness (QED) is 0.918. The number of hydrogen-bond donors (Lipinski definition) is 1. The Morgan fingerprint density at radius 2 is 1.84 bits per heavy atom. The van der Waals surface area contributed by atoms with Crippen LogP contribution in [0.2, 0.25) is 0 Å². The molecular weight excluding hydrogens is 238 g/mol. The molecule has 1 unspecified atom stereocenters. The van der Waals surface area contributed by atoms with Gasteiger partial charge in [0.25, 0.3) is 5.56 Å². The second-order valence-electron chi connectivity index (χ2n) is 4.98. The van der Waals surface area contributed by atoms with Gasteiger partial charge < -0.3 is 9.67 Å². The summed E-state index contributed by atoms with van der Waals surface area (Å²) >= 11 is 0. The highest BCUT2D eigenvalue weighted by Crippen LogP contribution is 2.18. The average Bonchev–Trinajstić information content (AvgIpc) is 2.37. The average molecular weight is 257 g/mol. The zero-order chi connectivity index (χ0) is 14.0. The largest absolute Gasteiger partial charge is 0.387 e. The lowest BCUT2D eigenvalue weighted by Crippen LogP contribution is -2.24. The minimum absolute atomic E-state index is 0.0807. The fourth-order valence-corrected chi connectivity index (χ4v) is 2.11. The number of aliphatic hydroxyl groups is 1. The molecule has 1 aromatic heterocycles. The Morgan fingerprint density at radius 3 is 2.47 bits per heavy atom. The molecule has 0 saturated carbocycles. The van der Waals surface area contributed by atoms with Crippen molar-refractivity contribution < 1.29 is 5.11 Å². The summed E-state index contributed by atoms with van der Waals surface area (Å²) in [5.41, 5.74) is 3.97. The molecule has 0 aliphatic carbocycles. The lowest BCUT2D eigenvalue weighted by atomic mass is 10.0. The summed E-state index contributed by atoms with van der Waals surface area (Å²) in [4.78, 5) is 11.8. The molecule has 2 aromatic rings. The van der Waals surface area contributed by atoms with Crippen LogP contribution in [-0.4, -0.2) is 9.67 Å². The fraction of sp³-hybridized carbons (Fsp3) is 0.312. The van der Waals surface area contributed by atoms with Crippen LogP contribution in [-0.2, 0) is 6.54 Å². The van der Waals surface area contributed by atoms with Gasteiger partial charge in [0.2, 0.25) is 0 Å². The first-order valence-corrected chi connectivity index (χ1v) is 6.40. The predicted octanol–water partition coefficient (Wildman–Crippen LogP) is 2.51. The summed E-state index contributed by atoms with van der Waals surface area (Å²) in [5, 5.41) is 10.3. The molecule has 3 nitrogen and oxygen atoms in total. The van der Waals surface area contributed by atoms with Crippen LogP contribution in [0.15, 0.2) is 41.2 Å². The van der Waals surface area contributed by atoms with E-state index >= 15 is 0 Å². The number of rotatable bonds is 3. The summed E-state index contributed by atoms with van der Waals surface area (Å²) in [5.74, 6) is 0. The van der Waals surface area contributed by atoms with Crippen LogP contribution < -0.4 is 5.56 Å². The maximum Gasteiger partial charge on any atom is 0.250 e. The topological polar surface area (TPSA) is 42.2 Å². The van der Waals surface area contributed by atoms with Gasteiger partial charge in [-0.15, -0.1) is 0 Å². The minimum atomic E-state index is -0.668. The van der Waals surface area contributed by atoms with E-state index in [2.05, 4.69) is 0 Å². The molecule has 0 spiro atoms. The van der Waals surface area contributed by atoms with E-state index in [4.69, 9.17) is 0 Å². The van der Waals surface area contributed by atoms with Gasteiger partial charge in [-0.25, -0.2) is 0 Å². The van der Waals surface area contributed by atoms with Crippen LogP contribution in [0.5, 0.6) is 0 Å². The molecule has 0 aliphatic heterocycles. The van der Waals surface area contributed by atoms with Crippen LogP contribution in [0.4, 0.5) is 0 Å². The summed E-state index contributed by atoms with van der Waals surface area (Å²) in [6.07, 6.45) is -0.668. The molecule has 0 fully saturated rings. The molecule has 2 rings (SSSR count). The second kappa shape index (κ2) is 5.41. The first-order valence-electron chi connectivity index (χ1n) is 6.40. The van der Waals surface area contributed by atoms with Gasteiger partial charge in [0.05, 0.1) is 12.6 Å². The Morgan fingerprint density at radius 1 is 1.11 bits per heavy atom. The Labute approximate surface area is 113 Å². The van der Waals surface area contributed by atoms with Crippen LogP contribution in [0.3, 0.4) is 0 Å². The number of aryl methyl sites for hydroxylation is 3. The predicted molar refractivity (Wildman–Crippen MR) is 76.3 cm³/mol. The molecule has 1 aromatic carbocycles. The zero-order valence-corrected chi connectivity index (χ0v) is 11.6. The molecule has 1 heterocycles. The van der Waals surface area contributed by atoms with E-state index in [-0.39, 0.29) is 12.1 Å². The van der Waals surface area contributed by atoms with Crippen molar-refractivity contribution in [2.75, 3.05) is 0 Å². The molecule has 0 saturated heterocycles. The first kappa shape index (κ1) is 13.6. The Bertz CT molecular complexity index is 643. The van der Waals surface area contributed by atoms with Crippen LogP contribution >= 0.6 is 0 Å². The third-order valence-corrected chi connectivity index (χ3v) is 3.54. The monoisotopic (exact) mass is 257 g/mol. The second-order valence-corrected chi connectivity index (χ2v) is 4.98. The fourth-order valence-electron chi connectivity index (χ4n) is 2.11. The van der Waals surface area contributed by atoms with E-state index in [1.54, 1.807) is 10.6 Å². The third kappa shape index (κ3) is 2.93. The molecule has 19 heavy (non-hydrogen) atoms. The van der Waals surface area contributed by atoms with E-state index in [0.29, 0.717) is 0 Å². The van der Waals surface area contributed by atoms with Crippen molar-refractivity contribution in [1.82, 2.24) is 4.57 Å². The van der Waals surface area contributed by atoms with Crippen molar-refractivity contribution in [1.29, 1.82) is 0 Å². The number of nitrogens with zero attached hydrogens (tertiary/aromatic N) is 1. The number of aliphatic hydroxyl groups excluding tert-OH is 1. The van der Waals surface area contributed by atoms with Gasteiger partial charge in [-0.1, -0.05) is 24.3 Å².